The molecule has 230 valence electrons. The lowest BCUT2D eigenvalue weighted by atomic mass is 10.1. The van der Waals surface area contributed by atoms with E-state index in [9.17, 15) is 4.79 Å². The molecule has 0 radical (unpaired) electrons. The normalized spacial score (nSPS) is 14.7. The molecule has 6 rings (SSSR count). The summed E-state index contributed by atoms with van der Waals surface area (Å²) in [5.74, 6) is 2.45. The topological polar surface area (TPSA) is 157 Å². The first-order valence-corrected chi connectivity index (χ1v) is 15.1. The van der Waals surface area contributed by atoms with Gasteiger partial charge in [0, 0.05) is 51.0 Å². The minimum absolute atomic E-state index is 0.190. The Morgan fingerprint density at radius 3 is 1.76 bits per heavy atom. The number of amides is 1. The highest BCUT2D eigenvalue weighted by molar-refractivity contribution is 5.83. The molecule has 42 heavy (non-hydrogen) atoms. The highest BCUT2D eigenvalue weighted by Crippen LogP contribution is 2.23. The molecule has 0 aromatic carbocycles. The molecule has 14 nitrogen and oxygen atoms in total. The summed E-state index contributed by atoms with van der Waals surface area (Å²) in [7, 11) is 0. The summed E-state index contributed by atoms with van der Waals surface area (Å²) in [5.41, 5.74) is 7.11. The number of piperidine rings is 2. The first kappa shape index (κ1) is 32.3. The van der Waals surface area contributed by atoms with Crippen LogP contribution in [0.15, 0.2) is 24.8 Å². The second kappa shape index (κ2) is 16.3. The number of nitrogens with zero attached hydrogens (tertiary/aromatic N) is 10. The first-order valence-electron chi connectivity index (χ1n) is 15.1. The van der Waals surface area contributed by atoms with E-state index in [-0.39, 0.29) is 6.10 Å². The summed E-state index contributed by atoms with van der Waals surface area (Å²) in [6.07, 6.45) is 13.5. The molecule has 6 heterocycles. The van der Waals surface area contributed by atoms with Gasteiger partial charge in [0.25, 0.3) is 0 Å². The van der Waals surface area contributed by atoms with Crippen LogP contribution in [-0.4, -0.2) is 77.5 Å². The van der Waals surface area contributed by atoms with Crippen molar-refractivity contribution in [2.45, 2.75) is 86.2 Å². The van der Waals surface area contributed by atoms with Gasteiger partial charge in [0.05, 0.1) is 6.10 Å². The second-order valence-electron chi connectivity index (χ2n) is 9.65. The lowest BCUT2D eigenvalue weighted by Gasteiger charge is -2.27. The second-order valence-corrected chi connectivity index (χ2v) is 9.65. The molecule has 3 N–H and O–H groups in total. The van der Waals surface area contributed by atoms with Gasteiger partial charge < -0.3 is 20.3 Å². The van der Waals surface area contributed by atoms with Crippen molar-refractivity contribution in [1.82, 2.24) is 39.2 Å². The molecule has 0 unspecified atom stereocenters. The highest BCUT2D eigenvalue weighted by Gasteiger charge is 2.20. The average molecular weight is 583 g/mol. The van der Waals surface area contributed by atoms with Crippen molar-refractivity contribution in [2.24, 2.45) is 0 Å². The molecule has 2 fully saturated rings. The van der Waals surface area contributed by atoms with Crippen LogP contribution in [0.25, 0.3) is 11.3 Å². The van der Waals surface area contributed by atoms with Gasteiger partial charge in [-0.3, -0.25) is 14.1 Å². The molecule has 0 saturated carbocycles. The lowest BCUT2D eigenvalue weighted by molar-refractivity contribution is 0.129. The van der Waals surface area contributed by atoms with E-state index in [0.29, 0.717) is 17.5 Å². The number of hydrogen-bond donors (Lipinski definition) is 2. The summed E-state index contributed by atoms with van der Waals surface area (Å²) in [6, 6.07) is 0. The molecule has 1 amide bonds. The fourth-order valence-corrected chi connectivity index (χ4v) is 4.72. The fraction of sp³-hybridized carbons (Fsp3) is 0.607. The van der Waals surface area contributed by atoms with Gasteiger partial charge in [0.2, 0.25) is 23.2 Å². The Morgan fingerprint density at radius 1 is 0.762 bits per heavy atom. The molecular formula is C28H46N12O2. The predicted octanol–water partition coefficient (Wildman–Crippen LogP) is 4.82. The molecule has 4 aromatic heterocycles. The number of fused-ring (bicyclic) bond motifs is 2. The number of ether oxygens (including phenoxy) is 1. The van der Waals surface area contributed by atoms with Crippen molar-refractivity contribution in [2.75, 3.05) is 47.0 Å². The number of carbonyl (C=O) groups excluding carboxylic acids is 1. The van der Waals surface area contributed by atoms with E-state index >= 15 is 0 Å². The van der Waals surface area contributed by atoms with Crippen LogP contribution in [0.4, 0.5) is 28.3 Å². The largest absolute Gasteiger partial charge is 0.447 e. The van der Waals surface area contributed by atoms with Crippen molar-refractivity contribution in [3.63, 3.8) is 0 Å². The monoisotopic (exact) mass is 582 g/mol. The van der Waals surface area contributed by atoms with Gasteiger partial charge in [-0.25, -0.2) is 14.8 Å². The zero-order chi connectivity index (χ0) is 30.5. The summed E-state index contributed by atoms with van der Waals surface area (Å²) >= 11 is 0. The lowest BCUT2D eigenvalue weighted by Crippen LogP contribution is -2.30. The zero-order valence-electron chi connectivity index (χ0n) is 25.8. The van der Waals surface area contributed by atoms with Crippen molar-refractivity contribution < 1.29 is 9.53 Å². The van der Waals surface area contributed by atoms with Crippen LogP contribution in [0.2, 0.25) is 0 Å². The Labute approximate surface area is 247 Å². The Morgan fingerprint density at radius 2 is 1.24 bits per heavy atom. The Hall–Kier alpha value is -4.23. The third-order valence-corrected chi connectivity index (χ3v) is 6.51. The zero-order valence-corrected chi connectivity index (χ0v) is 25.8. The minimum Gasteiger partial charge on any atom is -0.447 e. The van der Waals surface area contributed by atoms with Crippen molar-refractivity contribution in [3.05, 3.63) is 24.8 Å². The standard InChI is InChI=1S/C14H20N6O2.C10H14N6.2C2H6/c1-10(2)22-14(21)16-13-18-17-12-11(15-6-9-20(12)13)19-7-4-3-5-8-19;11-10-14-13-9-8(12-4-7-16(9)10)15-5-2-1-3-6-15;2*1-2/h6,9-10H,3-5,7-8H2,1-2H3,(H,16,18,21);4,7H,1-3,5-6H2,(H2,11,14);2*1-2H3. The molecule has 0 bridgehead atoms. The fourth-order valence-electron chi connectivity index (χ4n) is 4.72. The minimum atomic E-state index is -0.541. The smallest absolute Gasteiger partial charge is 0.414 e. The van der Waals surface area contributed by atoms with Crippen LogP contribution < -0.4 is 20.9 Å². The molecule has 2 saturated heterocycles. The van der Waals surface area contributed by atoms with Gasteiger partial charge in [-0.15, -0.1) is 20.4 Å². The molecule has 4 aromatic rings. The Balaban J connectivity index is 0.000000214. The maximum atomic E-state index is 11.7. The molecule has 14 heteroatoms. The van der Waals surface area contributed by atoms with Crippen LogP contribution in [0.3, 0.4) is 0 Å². The number of rotatable bonds is 4. The van der Waals surface area contributed by atoms with E-state index in [1.807, 2.05) is 27.7 Å². The van der Waals surface area contributed by atoms with E-state index in [4.69, 9.17) is 10.5 Å². The molecule has 2 aliphatic rings. The third-order valence-electron chi connectivity index (χ3n) is 6.51. The van der Waals surface area contributed by atoms with Gasteiger partial charge in [0.15, 0.2) is 11.6 Å². The van der Waals surface area contributed by atoms with Gasteiger partial charge in [-0.1, -0.05) is 27.7 Å². The summed E-state index contributed by atoms with van der Waals surface area (Å²) in [4.78, 5) is 25.0. The maximum Gasteiger partial charge on any atom is 0.414 e. The van der Waals surface area contributed by atoms with E-state index in [0.717, 1.165) is 56.3 Å². The SMILES string of the molecule is CC.CC.CC(C)OC(=O)Nc1nnc2c(N3CCCCC3)nccn12.Nc1nnc2c(N3CCCCC3)nccn12. The molecule has 0 atom stereocenters. The predicted molar refractivity (Wildman–Crippen MR) is 166 cm³/mol. The maximum absolute atomic E-state index is 11.7. The van der Waals surface area contributed by atoms with Crippen molar-refractivity contribution in [1.29, 1.82) is 0 Å². The van der Waals surface area contributed by atoms with Crippen molar-refractivity contribution in [3.8, 4) is 0 Å². The summed E-state index contributed by atoms with van der Waals surface area (Å²) in [5, 5.41) is 18.8. The molecule has 0 spiro atoms. The van der Waals surface area contributed by atoms with Crippen LogP contribution >= 0.6 is 0 Å². The van der Waals surface area contributed by atoms with E-state index in [1.54, 1.807) is 47.4 Å². The summed E-state index contributed by atoms with van der Waals surface area (Å²) in [6.45, 7) is 15.6. The van der Waals surface area contributed by atoms with Gasteiger partial charge in [-0.2, -0.15) is 0 Å². The number of aromatic nitrogens is 8. The molecule has 0 aliphatic carbocycles. The number of anilines is 4. The number of carbonyl (C=O) groups is 1. The number of nitrogens with two attached hydrogens (primary N) is 1. The quantitative estimate of drug-likeness (QED) is 0.340. The number of hydrogen-bond acceptors (Lipinski definition) is 11. The van der Waals surface area contributed by atoms with Gasteiger partial charge in [-0.05, 0) is 52.4 Å². The van der Waals surface area contributed by atoms with E-state index in [1.165, 1.54) is 25.7 Å². The number of nitrogens with one attached hydrogen (secondary N) is 1. The third kappa shape index (κ3) is 7.95. The highest BCUT2D eigenvalue weighted by atomic mass is 16.6. The van der Waals surface area contributed by atoms with Gasteiger partial charge in [0.1, 0.15) is 0 Å². The molecular weight excluding hydrogens is 536 g/mol. The van der Waals surface area contributed by atoms with Gasteiger partial charge >= 0.3 is 6.09 Å². The molecule has 2 aliphatic heterocycles. The Kier molecular flexibility index (Phi) is 12.5. The van der Waals surface area contributed by atoms with Crippen LogP contribution in [-0.2, 0) is 4.74 Å². The first-order chi connectivity index (χ1) is 20.5. The number of nitrogen functional groups attached to an aromatic ring is 1. The summed E-state index contributed by atoms with van der Waals surface area (Å²) < 4.78 is 8.56. The van der Waals surface area contributed by atoms with Crippen molar-refractivity contribution >= 4 is 40.9 Å². The van der Waals surface area contributed by atoms with Crippen LogP contribution in [0, 0.1) is 0 Å². The Bertz CT molecular complexity index is 1370. The van der Waals surface area contributed by atoms with Crippen LogP contribution in [0.1, 0.15) is 80.1 Å². The van der Waals surface area contributed by atoms with E-state index < -0.39 is 6.09 Å². The average Bonchev–Trinajstić information content (AvgIpc) is 3.63. The van der Waals surface area contributed by atoms with Crippen LogP contribution in [0.5, 0.6) is 0 Å². The van der Waals surface area contributed by atoms with E-state index in [2.05, 4.69) is 45.5 Å².